The van der Waals surface area contributed by atoms with Gasteiger partial charge in [-0.05, 0) is 68.4 Å². The Labute approximate surface area is 178 Å². The van der Waals surface area contributed by atoms with Gasteiger partial charge in [0.25, 0.3) is 0 Å². The van der Waals surface area contributed by atoms with Crippen LogP contribution in [-0.4, -0.2) is 27.3 Å². The average Bonchev–Trinajstić information content (AvgIpc) is 3.47. The van der Waals surface area contributed by atoms with Crippen molar-refractivity contribution in [3.63, 3.8) is 0 Å². The minimum atomic E-state index is -1.15. The molecule has 0 bridgehead atoms. The van der Waals surface area contributed by atoms with E-state index >= 15 is 0 Å². The first kappa shape index (κ1) is 19.8. The molecule has 0 amide bonds. The molecule has 1 atom stereocenters. The van der Waals surface area contributed by atoms with Crippen molar-refractivity contribution in [2.45, 2.75) is 44.1 Å². The number of hydrogen-bond acceptors (Lipinski definition) is 5. The molecule has 0 radical (unpaired) electrons. The summed E-state index contributed by atoms with van der Waals surface area (Å²) < 4.78 is 19.0. The van der Waals surface area contributed by atoms with Gasteiger partial charge in [0.05, 0.1) is 0 Å². The van der Waals surface area contributed by atoms with Crippen molar-refractivity contribution >= 4 is 22.7 Å². The van der Waals surface area contributed by atoms with Gasteiger partial charge < -0.3 is 9.52 Å². The van der Waals surface area contributed by atoms with Gasteiger partial charge in [-0.1, -0.05) is 18.2 Å². The highest BCUT2D eigenvalue weighted by atomic mass is 19.1. The van der Waals surface area contributed by atoms with E-state index in [9.17, 15) is 19.1 Å². The van der Waals surface area contributed by atoms with Gasteiger partial charge in [-0.15, -0.1) is 0 Å². The van der Waals surface area contributed by atoms with Crippen molar-refractivity contribution in [1.29, 1.82) is 0 Å². The van der Waals surface area contributed by atoms with Crippen LogP contribution in [0.5, 0.6) is 0 Å². The Morgan fingerprint density at radius 2 is 1.87 bits per heavy atom. The summed E-state index contributed by atoms with van der Waals surface area (Å²) in [6.45, 7) is 0. The molecule has 1 aromatic heterocycles. The molecule has 1 heterocycles. The maximum Gasteiger partial charge on any atom is 0.227 e. The molecule has 1 saturated carbocycles. The van der Waals surface area contributed by atoms with Crippen LogP contribution in [-0.2, 0) is 4.79 Å². The third kappa shape index (κ3) is 3.83. The number of rotatable bonds is 5. The largest absolute Gasteiger partial charge is 0.436 e. The molecule has 1 unspecified atom stereocenters. The predicted octanol–water partition coefficient (Wildman–Crippen LogP) is 5.03. The summed E-state index contributed by atoms with van der Waals surface area (Å²) in [4.78, 5) is 29.8. The lowest BCUT2D eigenvalue weighted by molar-refractivity contribution is -0.125. The van der Waals surface area contributed by atoms with Crippen LogP contribution >= 0.6 is 0 Å². The lowest BCUT2D eigenvalue weighted by Gasteiger charge is -2.14. The molecule has 5 rings (SSSR count). The van der Waals surface area contributed by atoms with Gasteiger partial charge in [0.1, 0.15) is 16.9 Å². The van der Waals surface area contributed by atoms with Gasteiger partial charge in [-0.2, -0.15) is 0 Å². The van der Waals surface area contributed by atoms with E-state index < -0.39 is 5.60 Å². The zero-order valence-electron chi connectivity index (χ0n) is 16.9. The summed E-state index contributed by atoms with van der Waals surface area (Å²) in [5, 5.41) is 10.1. The Kier molecular flexibility index (Phi) is 4.82. The van der Waals surface area contributed by atoms with Gasteiger partial charge in [0.2, 0.25) is 5.89 Å². The molecule has 6 heteroatoms. The van der Waals surface area contributed by atoms with Crippen LogP contribution in [0.1, 0.15) is 48.9 Å². The van der Waals surface area contributed by atoms with Crippen molar-refractivity contribution in [1.82, 2.24) is 4.98 Å². The smallest absolute Gasteiger partial charge is 0.227 e. The van der Waals surface area contributed by atoms with Crippen LogP contribution in [0.3, 0.4) is 0 Å². The van der Waals surface area contributed by atoms with Gasteiger partial charge in [0, 0.05) is 23.1 Å². The monoisotopic (exact) mass is 419 g/mol. The van der Waals surface area contributed by atoms with Crippen molar-refractivity contribution < 1.29 is 23.5 Å². The first-order valence-electron chi connectivity index (χ1n) is 10.6. The Balaban J connectivity index is 1.28. The lowest BCUT2D eigenvalue weighted by Crippen LogP contribution is -2.24. The number of nitrogens with zero attached hydrogens (tertiary/aromatic N) is 1. The van der Waals surface area contributed by atoms with Crippen LogP contribution < -0.4 is 0 Å². The van der Waals surface area contributed by atoms with Gasteiger partial charge in [-0.25, -0.2) is 9.37 Å². The molecule has 2 aliphatic carbocycles. The second kappa shape index (κ2) is 7.54. The minimum absolute atomic E-state index is 0.0541. The van der Waals surface area contributed by atoms with Crippen LogP contribution in [0.25, 0.3) is 22.6 Å². The highest BCUT2D eigenvalue weighted by Gasteiger charge is 2.48. The fraction of sp³-hybridized carbons (Fsp3) is 0.320. The lowest BCUT2D eigenvalue weighted by atomic mass is 9.89. The number of allylic oxidation sites excluding steroid dienone is 1. The molecule has 5 nitrogen and oxygen atoms in total. The highest BCUT2D eigenvalue weighted by molar-refractivity contribution is 6.04. The standard InChI is InChI=1S/C25H22FNO4/c26-19-10-11-20-21(14-19)31-24(27-20)18-8-5-16(6-9-18)22(28)15-2-1-3-17(7-4-15)23(29)25(30)12-13-25/h3,5-6,8-11,14-15,30H,1-2,4,7,12-13H2. The highest BCUT2D eigenvalue weighted by Crippen LogP contribution is 2.40. The fourth-order valence-electron chi connectivity index (χ4n) is 4.18. The first-order chi connectivity index (χ1) is 14.9. The second-order valence-corrected chi connectivity index (χ2v) is 8.48. The number of hydrogen-bond donors (Lipinski definition) is 1. The number of carbonyl (C=O) groups excluding carboxylic acids is 2. The van der Waals surface area contributed by atoms with Crippen molar-refractivity contribution in [2.75, 3.05) is 0 Å². The second-order valence-electron chi connectivity index (χ2n) is 8.48. The quantitative estimate of drug-likeness (QED) is 0.587. The Hall–Kier alpha value is -3.12. The molecule has 31 heavy (non-hydrogen) atoms. The summed E-state index contributed by atoms with van der Waals surface area (Å²) in [6.07, 6.45) is 5.43. The van der Waals surface area contributed by atoms with Crippen LogP contribution in [0.2, 0.25) is 0 Å². The van der Waals surface area contributed by atoms with E-state index in [1.807, 2.05) is 6.08 Å². The molecular weight excluding hydrogens is 397 g/mol. The summed E-state index contributed by atoms with van der Waals surface area (Å²) in [6, 6.07) is 11.3. The van der Waals surface area contributed by atoms with Gasteiger partial charge in [-0.3, -0.25) is 9.59 Å². The van der Waals surface area contributed by atoms with E-state index in [0.29, 0.717) is 72.2 Å². The van der Waals surface area contributed by atoms with Crippen LogP contribution in [0.4, 0.5) is 4.39 Å². The van der Waals surface area contributed by atoms with Gasteiger partial charge >= 0.3 is 0 Å². The summed E-state index contributed by atoms with van der Waals surface area (Å²) in [5.41, 5.74) is 1.78. The topological polar surface area (TPSA) is 80.4 Å². The normalized spacial score (nSPS) is 20.2. The molecule has 1 fully saturated rings. The molecule has 0 spiro atoms. The number of aromatic nitrogens is 1. The minimum Gasteiger partial charge on any atom is -0.436 e. The van der Waals surface area contributed by atoms with E-state index in [1.54, 1.807) is 30.3 Å². The number of benzene rings is 2. The van der Waals surface area contributed by atoms with E-state index in [2.05, 4.69) is 4.98 Å². The van der Waals surface area contributed by atoms with E-state index in [0.717, 1.165) is 0 Å². The number of halogens is 1. The Bertz CT molecular complexity index is 1200. The maximum absolute atomic E-state index is 13.4. The zero-order chi connectivity index (χ0) is 21.6. The average molecular weight is 419 g/mol. The summed E-state index contributed by atoms with van der Waals surface area (Å²) in [7, 11) is 0. The summed E-state index contributed by atoms with van der Waals surface area (Å²) >= 11 is 0. The SMILES string of the molecule is O=C(c1ccc(-c2nc3ccc(F)cc3o2)cc1)C1CCC=C(C(=O)C2(O)CC2)CC1. The van der Waals surface area contributed by atoms with Crippen LogP contribution in [0.15, 0.2) is 58.5 Å². The van der Waals surface area contributed by atoms with E-state index in [-0.39, 0.29) is 23.3 Å². The van der Waals surface area contributed by atoms with E-state index in [1.165, 1.54) is 12.1 Å². The van der Waals surface area contributed by atoms with Gasteiger partial charge in [0.15, 0.2) is 17.1 Å². The maximum atomic E-state index is 13.4. The molecule has 0 aliphatic heterocycles. The number of carbonyl (C=O) groups is 2. The fourth-order valence-corrected chi connectivity index (χ4v) is 4.18. The first-order valence-corrected chi connectivity index (χ1v) is 10.6. The number of fused-ring (bicyclic) bond motifs is 1. The third-order valence-corrected chi connectivity index (χ3v) is 6.24. The Morgan fingerprint density at radius 1 is 1.10 bits per heavy atom. The molecule has 2 aliphatic rings. The number of oxazole rings is 1. The number of Topliss-reactive ketones (excluding diaryl/α,β-unsaturated/α-hetero) is 2. The molecule has 0 saturated heterocycles. The third-order valence-electron chi connectivity index (χ3n) is 6.24. The van der Waals surface area contributed by atoms with E-state index in [4.69, 9.17) is 4.42 Å². The van der Waals surface area contributed by atoms with Crippen molar-refractivity contribution in [3.05, 3.63) is 65.5 Å². The molecular formula is C25H22FNO4. The number of aliphatic hydroxyl groups is 1. The van der Waals surface area contributed by atoms with Crippen molar-refractivity contribution in [2.24, 2.45) is 5.92 Å². The predicted molar refractivity (Wildman–Crippen MR) is 113 cm³/mol. The molecule has 1 N–H and O–H groups in total. The molecule has 3 aromatic rings. The zero-order valence-corrected chi connectivity index (χ0v) is 16.9. The number of ketones is 2. The van der Waals surface area contributed by atoms with Crippen molar-refractivity contribution in [3.8, 4) is 11.5 Å². The van der Waals surface area contributed by atoms with Crippen LogP contribution in [0, 0.1) is 11.7 Å². The molecule has 158 valence electrons. The molecule has 2 aromatic carbocycles. The summed E-state index contributed by atoms with van der Waals surface area (Å²) in [5.74, 6) is -0.278. The Morgan fingerprint density at radius 3 is 2.61 bits per heavy atom.